The Morgan fingerprint density at radius 1 is 1.21 bits per heavy atom. The van der Waals surface area contributed by atoms with Crippen LogP contribution < -0.4 is 5.32 Å². The molecule has 0 aromatic carbocycles. The van der Waals surface area contributed by atoms with E-state index in [1.54, 1.807) is 0 Å². The Bertz CT molecular complexity index is 276. The topological polar surface area (TPSA) is 15.3 Å². The van der Waals surface area contributed by atoms with Gasteiger partial charge >= 0.3 is 0 Å². The van der Waals surface area contributed by atoms with E-state index >= 15 is 0 Å². The number of thioether (sulfide) groups is 1. The maximum atomic E-state index is 3.79. The monoisotopic (exact) mass is 284 g/mol. The molecule has 1 saturated heterocycles. The summed E-state index contributed by atoms with van der Waals surface area (Å²) in [5.74, 6) is 0. The van der Waals surface area contributed by atoms with Crippen LogP contribution in [-0.2, 0) is 0 Å². The Kier molecular flexibility index (Phi) is 5.62. The highest BCUT2D eigenvalue weighted by Crippen LogP contribution is 2.33. The molecule has 1 heterocycles. The van der Waals surface area contributed by atoms with Gasteiger partial charge in [0.05, 0.1) is 0 Å². The van der Waals surface area contributed by atoms with Gasteiger partial charge in [-0.2, -0.15) is 11.8 Å². The smallest absolute Gasteiger partial charge is 0.0278 e. The Morgan fingerprint density at radius 2 is 1.89 bits per heavy atom. The Hall–Kier alpha value is 0.270. The lowest BCUT2D eigenvalue weighted by Crippen LogP contribution is -2.65. The van der Waals surface area contributed by atoms with E-state index in [9.17, 15) is 0 Å². The standard InChI is InChI=1S/C16H32N2S/c1-5-13-11-17-16(3,6-2)12-18(13)14-7-9-15(19-4)10-8-14/h13-15,17H,5-12H2,1-4H3. The quantitative estimate of drug-likeness (QED) is 0.850. The molecule has 2 atom stereocenters. The zero-order valence-electron chi connectivity index (χ0n) is 13.2. The fraction of sp³-hybridized carbons (Fsp3) is 1.00. The first-order valence-corrected chi connectivity index (χ1v) is 9.44. The van der Waals surface area contributed by atoms with Gasteiger partial charge in [0.15, 0.2) is 0 Å². The van der Waals surface area contributed by atoms with Crippen molar-refractivity contribution in [3.05, 3.63) is 0 Å². The number of piperazine rings is 1. The van der Waals surface area contributed by atoms with Crippen molar-refractivity contribution in [2.24, 2.45) is 0 Å². The van der Waals surface area contributed by atoms with Gasteiger partial charge in [-0.05, 0) is 51.7 Å². The summed E-state index contributed by atoms with van der Waals surface area (Å²) in [6.45, 7) is 9.50. The molecule has 2 nitrogen and oxygen atoms in total. The predicted molar refractivity (Wildman–Crippen MR) is 87.0 cm³/mol. The lowest BCUT2D eigenvalue weighted by molar-refractivity contribution is 0.0299. The number of nitrogens with one attached hydrogen (secondary N) is 1. The SMILES string of the molecule is CCC1CNC(C)(CC)CN1C1CCC(SC)CC1. The fourth-order valence-electron chi connectivity index (χ4n) is 3.72. The highest BCUT2D eigenvalue weighted by atomic mass is 32.2. The summed E-state index contributed by atoms with van der Waals surface area (Å²) in [6.07, 6.45) is 10.5. The van der Waals surface area contributed by atoms with Gasteiger partial charge in [0.25, 0.3) is 0 Å². The minimum atomic E-state index is 0.335. The van der Waals surface area contributed by atoms with Crippen LogP contribution in [0.4, 0.5) is 0 Å². The van der Waals surface area contributed by atoms with E-state index in [4.69, 9.17) is 0 Å². The van der Waals surface area contributed by atoms with Crippen molar-refractivity contribution in [3.63, 3.8) is 0 Å². The molecule has 2 aliphatic rings. The maximum absolute atomic E-state index is 3.79. The summed E-state index contributed by atoms with van der Waals surface area (Å²) < 4.78 is 0. The van der Waals surface area contributed by atoms with Gasteiger partial charge in [-0.25, -0.2) is 0 Å². The number of hydrogen-bond donors (Lipinski definition) is 1. The first-order valence-electron chi connectivity index (χ1n) is 8.15. The Morgan fingerprint density at radius 3 is 2.42 bits per heavy atom. The van der Waals surface area contributed by atoms with Crippen LogP contribution in [0, 0.1) is 0 Å². The third kappa shape index (κ3) is 3.68. The normalized spacial score (nSPS) is 41.4. The summed E-state index contributed by atoms with van der Waals surface area (Å²) in [7, 11) is 0. The Balaban J connectivity index is 1.98. The van der Waals surface area contributed by atoms with Gasteiger partial charge in [0.1, 0.15) is 0 Å². The van der Waals surface area contributed by atoms with E-state index in [0.717, 1.165) is 17.3 Å². The molecule has 1 aliphatic carbocycles. The summed E-state index contributed by atoms with van der Waals surface area (Å²) in [5.41, 5.74) is 0.335. The molecule has 2 fully saturated rings. The summed E-state index contributed by atoms with van der Waals surface area (Å²) in [5, 5.41) is 4.72. The summed E-state index contributed by atoms with van der Waals surface area (Å²) in [6, 6.07) is 1.61. The third-order valence-corrected chi connectivity index (χ3v) is 6.60. The van der Waals surface area contributed by atoms with E-state index in [1.165, 1.54) is 51.6 Å². The van der Waals surface area contributed by atoms with E-state index in [0.29, 0.717) is 5.54 Å². The van der Waals surface area contributed by atoms with Crippen molar-refractivity contribution >= 4 is 11.8 Å². The molecule has 0 aromatic heterocycles. The van der Waals surface area contributed by atoms with Crippen LogP contribution in [0.2, 0.25) is 0 Å². The van der Waals surface area contributed by atoms with Gasteiger partial charge in [0, 0.05) is 36.0 Å². The van der Waals surface area contributed by atoms with E-state index in [1.807, 2.05) is 0 Å². The van der Waals surface area contributed by atoms with Gasteiger partial charge in [-0.15, -0.1) is 0 Å². The lowest BCUT2D eigenvalue weighted by Gasteiger charge is -2.50. The molecule has 3 heteroatoms. The third-order valence-electron chi connectivity index (χ3n) is 5.46. The highest BCUT2D eigenvalue weighted by molar-refractivity contribution is 7.99. The minimum Gasteiger partial charge on any atom is -0.309 e. The molecule has 0 amide bonds. The zero-order valence-corrected chi connectivity index (χ0v) is 14.1. The number of nitrogens with zero attached hydrogens (tertiary/aromatic N) is 1. The van der Waals surface area contributed by atoms with Crippen LogP contribution in [0.5, 0.6) is 0 Å². The Labute approximate surface area is 124 Å². The molecule has 1 aliphatic heterocycles. The van der Waals surface area contributed by atoms with Crippen molar-refractivity contribution in [1.29, 1.82) is 0 Å². The average molecular weight is 285 g/mol. The number of hydrogen-bond acceptors (Lipinski definition) is 3. The highest BCUT2D eigenvalue weighted by Gasteiger charge is 2.38. The van der Waals surface area contributed by atoms with Crippen LogP contribution in [0.1, 0.15) is 59.3 Å². The van der Waals surface area contributed by atoms with Crippen LogP contribution in [-0.4, -0.2) is 47.1 Å². The van der Waals surface area contributed by atoms with Gasteiger partial charge in [0.2, 0.25) is 0 Å². The fourth-order valence-corrected chi connectivity index (χ4v) is 4.47. The van der Waals surface area contributed by atoms with E-state index in [-0.39, 0.29) is 0 Å². The van der Waals surface area contributed by atoms with Crippen molar-refractivity contribution in [2.45, 2.75) is 82.2 Å². The van der Waals surface area contributed by atoms with Crippen LogP contribution >= 0.6 is 11.8 Å². The molecule has 0 radical (unpaired) electrons. The molecule has 2 unspecified atom stereocenters. The minimum absolute atomic E-state index is 0.335. The molecule has 2 rings (SSSR count). The molecule has 1 N–H and O–H groups in total. The maximum Gasteiger partial charge on any atom is 0.0278 e. The van der Waals surface area contributed by atoms with Crippen LogP contribution in [0.15, 0.2) is 0 Å². The first kappa shape index (κ1) is 15.7. The van der Waals surface area contributed by atoms with Gasteiger partial charge in [-0.1, -0.05) is 13.8 Å². The van der Waals surface area contributed by atoms with Crippen molar-refractivity contribution < 1.29 is 0 Å². The average Bonchev–Trinajstić information content (AvgIpc) is 2.47. The van der Waals surface area contributed by atoms with E-state index in [2.05, 4.69) is 49.0 Å². The summed E-state index contributed by atoms with van der Waals surface area (Å²) >= 11 is 2.07. The van der Waals surface area contributed by atoms with Crippen LogP contribution in [0.25, 0.3) is 0 Å². The molecule has 19 heavy (non-hydrogen) atoms. The molecule has 0 bridgehead atoms. The van der Waals surface area contributed by atoms with Gasteiger partial charge in [-0.3, -0.25) is 4.90 Å². The van der Waals surface area contributed by atoms with Gasteiger partial charge < -0.3 is 5.32 Å². The molecule has 112 valence electrons. The lowest BCUT2D eigenvalue weighted by atomic mass is 9.87. The zero-order chi connectivity index (χ0) is 13.9. The van der Waals surface area contributed by atoms with Crippen molar-refractivity contribution in [3.8, 4) is 0 Å². The molecule has 1 saturated carbocycles. The second-order valence-corrected chi connectivity index (χ2v) is 7.83. The molecular formula is C16H32N2S. The number of rotatable bonds is 4. The van der Waals surface area contributed by atoms with E-state index < -0.39 is 0 Å². The van der Waals surface area contributed by atoms with Crippen LogP contribution in [0.3, 0.4) is 0 Å². The molecule has 0 spiro atoms. The second-order valence-electron chi connectivity index (χ2n) is 6.70. The summed E-state index contributed by atoms with van der Waals surface area (Å²) in [4.78, 5) is 2.86. The largest absolute Gasteiger partial charge is 0.309 e. The predicted octanol–water partition coefficient (Wildman–Crippen LogP) is 3.51. The van der Waals surface area contributed by atoms with Crippen molar-refractivity contribution in [2.75, 3.05) is 19.3 Å². The molecular weight excluding hydrogens is 252 g/mol. The van der Waals surface area contributed by atoms with Crippen molar-refractivity contribution in [1.82, 2.24) is 10.2 Å². The molecule has 0 aromatic rings. The second kappa shape index (κ2) is 6.82. The first-order chi connectivity index (χ1) is 9.11.